The van der Waals surface area contributed by atoms with Crippen molar-refractivity contribution >= 4 is 17.1 Å². The lowest BCUT2D eigenvalue weighted by Gasteiger charge is -2.09. The summed E-state index contributed by atoms with van der Waals surface area (Å²) >= 11 is 0. The van der Waals surface area contributed by atoms with Crippen molar-refractivity contribution in [2.45, 2.75) is 6.42 Å². The molecule has 0 heterocycles. The Bertz CT molecular complexity index is 627. The minimum atomic E-state index is -0.440. The summed E-state index contributed by atoms with van der Waals surface area (Å²) in [6.07, 6.45) is 0.745. The summed E-state index contributed by atoms with van der Waals surface area (Å²) in [7, 11) is 1.42. The van der Waals surface area contributed by atoms with E-state index < -0.39 is 4.92 Å². The molecule has 0 bridgehead atoms. The van der Waals surface area contributed by atoms with Gasteiger partial charge in [0.05, 0.1) is 12.0 Å². The third kappa shape index (κ3) is 3.62. The number of para-hydroxylation sites is 1. The number of ether oxygens (including phenoxy) is 1. The van der Waals surface area contributed by atoms with Gasteiger partial charge >= 0.3 is 5.69 Å². The molecule has 0 spiro atoms. The average molecular weight is 287 g/mol. The van der Waals surface area contributed by atoms with Crippen LogP contribution in [0.1, 0.15) is 5.56 Å². The lowest BCUT2D eigenvalue weighted by atomic mass is 10.1. The minimum Gasteiger partial charge on any atom is -0.490 e. The van der Waals surface area contributed by atoms with Crippen molar-refractivity contribution in [3.63, 3.8) is 0 Å². The zero-order valence-electron chi connectivity index (χ0n) is 11.7. The quantitative estimate of drug-likeness (QED) is 0.484. The second kappa shape index (κ2) is 6.60. The molecule has 0 amide bonds. The van der Waals surface area contributed by atoms with Gasteiger partial charge in [0.15, 0.2) is 5.75 Å². The molecule has 0 saturated carbocycles. The van der Waals surface area contributed by atoms with E-state index in [2.05, 4.69) is 5.32 Å². The molecule has 2 rings (SSSR count). The monoisotopic (exact) mass is 287 g/mol. The Morgan fingerprint density at radius 1 is 1.24 bits per heavy atom. The third-order valence-corrected chi connectivity index (χ3v) is 3.11. The van der Waals surface area contributed by atoms with Crippen LogP contribution in [0.3, 0.4) is 0 Å². The SMILES string of the molecule is COc1cccc(NCCc2ccc(N)cc2)c1[N+](=O)[O-]. The Labute approximate surface area is 122 Å². The number of hydrogen-bond donors (Lipinski definition) is 2. The van der Waals surface area contributed by atoms with Crippen LogP contribution in [0.4, 0.5) is 17.1 Å². The molecular weight excluding hydrogens is 270 g/mol. The first-order valence-electron chi connectivity index (χ1n) is 6.51. The topological polar surface area (TPSA) is 90.4 Å². The average Bonchev–Trinajstić information content (AvgIpc) is 2.48. The fourth-order valence-electron chi connectivity index (χ4n) is 2.04. The smallest absolute Gasteiger partial charge is 0.333 e. The number of nitrogen functional groups attached to an aromatic ring is 1. The molecule has 0 radical (unpaired) electrons. The first-order valence-corrected chi connectivity index (χ1v) is 6.51. The Hall–Kier alpha value is -2.76. The summed E-state index contributed by atoms with van der Waals surface area (Å²) in [4.78, 5) is 10.7. The Balaban J connectivity index is 2.06. The number of hydrogen-bond acceptors (Lipinski definition) is 5. The number of nitrogens with two attached hydrogens (primary N) is 1. The maximum Gasteiger partial charge on any atom is 0.333 e. The van der Waals surface area contributed by atoms with Gasteiger partial charge in [-0.2, -0.15) is 0 Å². The molecule has 0 aliphatic heterocycles. The first kappa shape index (κ1) is 14.6. The maximum absolute atomic E-state index is 11.1. The van der Waals surface area contributed by atoms with E-state index in [1.54, 1.807) is 18.2 Å². The maximum atomic E-state index is 11.1. The van der Waals surface area contributed by atoms with E-state index in [0.29, 0.717) is 12.2 Å². The highest BCUT2D eigenvalue weighted by Crippen LogP contribution is 2.34. The predicted octanol–water partition coefficient (Wildman–Crippen LogP) is 2.84. The van der Waals surface area contributed by atoms with Crippen LogP contribution in [0.2, 0.25) is 0 Å². The lowest BCUT2D eigenvalue weighted by Crippen LogP contribution is -2.07. The van der Waals surface area contributed by atoms with Crippen molar-refractivity contribution in [2.75, 3.05) is 24.7 Å². The van der Waals surface area contributed by atoms with E-state index in [4.69, 9.17) is 10.5 Å². The summed E-state index contributed by atoms with van der Waals surface area (Å²) in [6.45, 7) is 0.581. The summed E-state index contributed by atoms with van der Waals surface area (Å²) < 4.78 is 5.03. The van der Waals surface area contributed by atoms with Crippen molar-refractivity contribution < 1.29 is 9.66 Å². The van der Waals surface area contributed by atoms with Crippen molar-refractivity contribution in [3.05, 3.63) is 58.1 Å². The molecule has 2 aromatic carbocycles. The molecule has 0 aliphatic carbocycles. The van der Waals surface area contributed by atoms with Crippen LogP contribution in [0.15, 0.2) is 42.5 Å². The van der Waals surface area contributed by atoms with E-state index in [-0.39, 0.29) is 11.4 Å². The van der Waals surface area contributed by atoms with Gasteiger partial charge in [-0.3, -0.25) is 10.1 Å². The highest BCUT2D eigenvalue weighted by molar-refractivity contribution is 5.68. The van der Waals surface area contributed by atoms with Crippen LogP contribution in [0.25, 0.3) is 0 Å². The number of benzene rings is 2. The summed E-state index contributed by atoms with van der Waals surface area (Å²) in [5.41, 5.74) is 7.87. The van der Waals surface area contributed by atoms with Gasteiger partial charge in [-0.05, 0) is 36.2 Å². The van der Waals surface area contributed by atoms with Gasteiger partial charge in [-0.15, -0.1) is 0 Å². The molecule has 0 aliphatic rings. The molecule has 0 atom stereocenters. The minimum absolute atomic E-state index is 0.0442. The van der Waals surface area contributed by atoms with Crippen molar-refractivity contribution in [2.24, 2.45) is 0 Å². The molecule has 0 fully saturated rings. The first-order chi connectivity index (χ1) is 10.1. The highest BCUT2D eigenvalue weighted by atomic mass is 16.6. The largest absolute Gasteiger partial charge is 0.490 e. The van der Waals surface area contributed by atoms with E-state index >= 15 is 0 Å². The predicted molar refractivity (Wildman–Crippen MR) is 82.7 cm³/mol. The number of nitrogens with zero attached hydrogens (tertiary/aromatic N) is 1. The van der Waals surface area contributed by atoms with Gasteiger partial charge in [0, 0.05) is 12.2 Å². The van der Waals surface area contributed by atoms with E-state index in [9.17, 15) is 10.1 Å². The van der Waals surface area contributed by atoms with Gasteiger partial charge in [0.1, 0.15) is 5.69 Å². The van der Waals surface area contributed by atoms with Crippen LogP contribution in [0, 0.1) is 10.1 Å². The zero-order valence-corrected chi connectivity index (χ0v) is 11.7. The molecule has 6 nitrogen and oxygen atoms in total. The Kier molecular flexibility index (Phi) is 4.61. The van der Waals surface area contributed by atoms with Crippen LogP contribution < -0.4 is 15.8 Å². The molecular formula is C15H17N3O3. The number of nitro groups is 1. The molecule has 6 heteroatoms. The fraction of sp³-hybridized carbons (Fsp3) is 0.200. The molecule has 110 valence electrons. The van der Waals surface area contributed by atoms with Crippen LogP contribution >= 0.6 is 0 Å². The van der Waals surface area contributed by atoms with Crippen molar-refractivity contribution in [3.8, 4) is 5.75 Å². The summed E-state index contributed by atoms with van der Waals surface area (Å²) in [6, 6.07) is 12.5. The van der Waals surface area contributed by atoms with Crippen LogP contribution in [-0.4, -0.2) is 18.6 Å². The molecule has 3 N–H and O–H groups in total. The molecule has 21 heavy (non-hydrogen) atoms. The standard InChI is InChI=1S/C15H17N3O3/c1-21-14-4-2-3-13(15(14)18(19)20)17-10-9-11-5-7-12(16)8-6-11/h2-8,17H,9-10,16H2,1H3. The van der Waals surface area contributed by atoms with Crippen LogP contribution in [-0.2, 0) is 6.42 Å². The molecule has 0 aromatic heterocycles. The molecule has 0 saturated heterocycles. The number of anilines is 2. The zero-order chi connectivity index (χ0) is 15.2. The van der Waals surface area contributed by atoms with E-state index in [1.165, 1.54) is 7.11 Å². The van der Waals surface area contributed by atoms with Gasteiger partial charge in [-0.1, -0.05) is 18.2 Å². The second-order valence-electron chi connectivity index (χ2n) is 4.53. The normalized spacial score (nSPS) is 10.1. The fourth-order valence-corrected chi connectivity index (χ4v) is 2.04. The molecule has 0 unspecified atom stereocenters. The van der Waals surface area contributed by atoms with E-state index in [1.807, 2.05) is 24.3 Å². The lowest BCUT2D eigenvalue weighted by molar-refractivity contribution is -0.384. The second-order valence-corrected chi connectivity index (χ2v) is 4.53. The number of methoxy groups -OCH3 is 1. The number of rotatable bonds is 6. The highest BCUT2D eigenvalue weighted by Gasteiger charge is 2.19. The number of nitrogens with one attached hydrogen (secondary N) is 1. The summed E-state index contributed by atoms with van der Waals surface area (Å²) in [5.74, 6) is 0.248. The third-order valence-electron chi connectivity index (χ3n) is 3.11. The molecule has 2 aromatic rings. The van der Waals surface area contributed by atoms with Gasteiger partial charge in [-0.25, -0.2) is 0 Å². The van der Waals surface area contributed by atoms with Gasteiger partial charge in [0.25, 0.3) is 0 Å². The summed E-state index contributed by atoms with van der Waals surface area (Å²) in [5, 5.41) is 14.2. The van der Waals surface area contributed by atoms with Crippen molar-refractivity contribution in [1.82, 2.24) is 0 Å². The van der Waals surface area contributed by atoms with E-state index in [0.717, 1.165) is 17.7 Å². The Morgan fingerprint density at radius 2 is 1.95 bits per heavy atom. The van der Waals surface area contributed by atoms with Gasteiger partial charge < -0.3 is 15.8 Å². The van der Waals surface area contributed by atoms with Gasteiger partial charge in [0.2, 0.25) is 0 Å². The number of nitro benzene ring substituents is 1. The Morgan fingerprint density at radius 3 is 2.57 bits per heavy atom. The van der Waals surface area contributed by atoms with Crippen molar-refractivity contribution in [1.29, 1.82) is 0 Å². The van der Waals surface area contributed by atoms with Crippen LogP contribution in [0.5, 0.6) is 5.75 Å².